The Labute approximate surface area is 157 Å². The molecule has 6 nitrogen and oxygen atoms in total. The van der Waals surface area contributed by atoms with Crippen molar-refractivity contribution >= 4 is 5.96 Å². The topological polar surface area (TPSA) is 75.1 Å². The maximum absolute atomic E-state index is 10.2. The van der Waals surface area contributed by atoms with E-state index in [9.17, 15) is 5.11 Å². The number of benzene rings is 1. The first-order valence-corrected chi connectivity index (χ1v) is 9.74. The fourth-order valence-electron chi connectivity index (χ4n) is 2.86. The number of rotatable bonds is 11. The molecular formula is C20H33N3O3. The van der Waals surface area contributed by atoms with E-state index in [4.69, 9.17) is 9.47 Å². The zero-order chi connectivity index (χ0) is 18.5. The summed E-state index contributed by atoms with van der Waals surface area (Å²) >= 11 is 0. The smallest absolute Gasteiger partial charge is 0.191 e. The summed E-state index contributed by atoms with van der Waals surface area (Å²) in [5, 5.41) is 16.7. The second-order valence-electron chi connectivity index (χ2n) is 6.47. The van der Waals surface area contributed by atoms with Gasteiger partial charge in [0.1, 0.15) is 0 Å². The van der Waals surface area contributed by atoms with Crippen molar-refractivity contribution in [2.75, 3.05) is 39.5 Å². The van der Waals surface area contributed by atoms with Crippen molar-refractivity contribution in [1.82, 2.24) is 10.6 Å². The normalized spacial score (nSPS) is 18.7. The van der Waals surface area contributed by atoms with Gasteiger partial charge in [0, 0.05) is 32.8 Å². The molecule has 1 aliphatic heterocycles. The Morgan fingerprint density at radius 3 is 2.92 bits per heavy atom. The first kappa shape index (κ1) is 20.7. The highest BCUT2D eigenvalue weighted by Gasteiger charge is 2.14. The zero-order valence-electron chi connectivity index (χ0n) is 15.8. The largest absolute Gasteiger partial charge is 0.388 e. The Morgan fingerprint density at radius 1 is 1.35 bits per heavy atom. The number of aliphatic hydroxyl groups excluding tert-OH is 1. The molecule has 1 heterocycles. The van der Waals surface area contributed by atoms with Gasteiger partial charge >= 0.3 is 0 Å². The number of aliphatic imine (C=N–C) groups is 1. The van der Waals surface area contributed by atoms with E-state index in [0.29, 0.717) is 32.7 Å². The molecule has 2 rings (SSSR count). The van der Waals surface area contributed by atoms with Crippen LogP contribution in [0, 0.1) is 0 Å². The van der Waals surface area contributed by atoms with E-state index in [1.807, 2.05) is 37.3 Å². The molecule has 0 bridgehead atoms. The minimum atomic E-state index is -0.460. The van der Waals surface area contributed by atoms with Crippen LogP contribution in [0.1, 0.15) is 44.3 Å². The number of aliphatic hydroxyl groups is 1. The minimum Gasteiger partial charge on any atom is -0.388 e. The zero-order valence-corrected chi connectivity index (χ0v) is 15.8. The van der Waals surface area contributed by atoms with E-state index >= 15 is 0 Å². The van der Waals surface area contributed by atoms with Crippen LogP contribution in [0.4, 0.5) is 0 Å². The molecule has 0 aromatic heterocycles. The summed E-state index contributed by atoms with van der Waals surface area (Å²) < 4.78 is 11.2. The van der Waals surface area contributed by atoms with Crippen LogP contribution in [0.3, 0.4) is 0 Å². The molecule has 0 amide bonds. The van der Waals surface area contributed by atoms with Crippen LogP contribution >= 0.6 is 0 Å². The van der Waals surface area contributed by atoms with Crippen molar-refractivity contribution in [3.05, 3.63) is 35.9 Å². The molecule has 2 atom stereocenters. The third-order valence-electron chi connectivity index (χ3n) is 4.28. The molecule has 1 aliphatic rings. The lowest BCUT2D eigenvalue weighted by atomic mass is 10.1. The summed E-state index contributed by atoms with van der Waals surface area (Å²) in [5.74, 6) is 0.784. The van der Waals surface area contributed by atoms with Crippen LogP contribution in [0.2, 0.25) is 0 Å². The van der Waals surface area contributed by atoms with E-state index in [1.165, 1.54) is 0 Å². The average Bonchev–Trinajstić information content (AvgIpc) is 3.18. The lowest BCUT2D eigenvalue weighted by Crippen LogP contribution is -2.38. The van der Waals surface area contributed by atoms with Gasteiger partial charge in [-0.2, -0.15) is 0 Å². The van der Waals surface area contributed by atoms with Crippen LogP contribution in [-0.2, 0) is 9.47 Å². The van der Waals surface area contributed by atoms with Crippen LogP contribution < -0.4 is 10.6 Å². The van der Waals surface area contributed by atoms with E-state index < -0.39 is 6.10 Å². The van der Waals surface area contributed by atoms with Gasteiger partial charge in [0.2, 0.25) is 0 Å². The molecule has 0 aliphatic carbocycles. The molecule has 6 heteroatoms. The highest BCUT2D eigenvalue weighted by atomic mass is 16.5. The summed E-state index contributed by atoms with van der Waals surface area (Å²) in [5.41, 5.74) is 0.944. The van der Waals surface area contributed by atoms with Crippen LogP contribution in [0.15, 0.2) is 35.3 Å². The monoisotopic (exact) mass is 363 g/mol. The molecule has 1 aromatic rings. The van der Waals surface area contributed by atoms with E-state index in [-0.39, 0.29) is 6.10 Å². The van der Waals surface area contributed by atoms with Gasteiger partial charge in [0.25, 0.3) is 0 Å². The molecule has 146 valence electrons. The van der Waals surface area contributed by atoms with E-state index in [2.05, 4.69) is 15.6 Å². The molecule has 1 aromatic carbocycles. The van der Waals surface area contributed by atoms with Crippen molar-refractivity contribution in [2.45, 2.75) is 44.8 Å². The first-order valence-electron chi connectivity index (χ1n) is 9.74. The van der Waals surface area contributed by atoms with Gasteiger partial charge in [-0.3, -0.25) is 4.99 Å². The van der Waals surface area contributed by atoms with Crippen molar-refractivity contribution in [3.8, 4) is 0 Å². The van der Waals surface area contributed by atoms with Gasteiger partial charge in [-0.15, -0.1) is 0 Å². The second kappa shape index (κ2) is 12.7. The van der Waals surface area contributed by atoms with Gasteiger partial charge in [-0.05, 0) is 38.2 Å². The number of ether oxygens (including phenoxy) is 2. The van der Waals surface area contributed by atoms with Gasteiger partial charge in [-0.25, -0.2) is 0 Å². The Morgan fingerprint density at radius 2 is 2.19 bits per heavy atom. The lowest BCUT2D eigenvalue weighted by molar-refractivity contribution is 0.0171. The highest BCUT2D eigenvalue weighted by molar-refractivity contribution is 5.79. The SMILES string of the molecule is CCNC(=NCCCOCC1CCCO1)NCCC(O)c1ccccc1. The van der Waals surface area contributed by atoms with Gasteiger partial charge in [-0.1, -0.05) is 30.3 Å². The van der Waals surface area contributed by atoms with E-state index in [1.54, 1.807) is 0 Å². The van der Waals surface area contributed by atoms with E-state index in [0.717, 1.165) is 43.9 Å². The molecular weight excluding hydrogens is 330 g/mol. The first-order chi connectivity index (χ1) is 12.8. The van der Waals surface area contributed by atoms with Crippen molar-refractivity contribution in [3.63, 3.8) is 0 Å². The number of hydrogen-bond donors (Lipinski definition) is 3. The average molecular weight is 364 g/mol. The Balaban J connectivity index is 1.59. The molecule has 26 heavy (non-hydrogen) atoms. The van der Waals surface area contributed by atoms with Crippen molar-refractivity contribution in [1.29, 1.82) is 0 Å². The molecule has 1 saturated heterocycles. The quantitative estimate of drug-likeness (QED) is 0.319. The van der Waals surface area contributed by atoms with Crippen LogP contribution in [0.25, 0.3) is 0 Å². The highest BCUT2D eigenvalue weighted by Crippen LogP contribution is 2.14. The Kier molecular flexibility index (Phi) is 10.1. The Bertz CT molecular complexity index is 504. The second-order valence-corrected chi connectivity index (χ2v) is 6.47. The van der Waals surface area contributed by atoms with Gasteiger partial charge < -0.3 is 25.2 Å². The number of guanidine groups is 1. The summed E-state index contributed by atoms with van der Waals surface area (Å²) in [6.45, 7) is 6.49. The standard InChI is InChI=1S/C20H33N3O3/c1-2-21-20(22-12-7-14-25-16-18-10-6-15-26-18)23-13-11-19(24)17-8-4-3-5-9-17/h3-5,8-9,18-19,24H,2,6-7,10-16H2,1H3,(H2,21,22,23). The van der Waals surface area contributed by atoms with Gasteiger partial charge in [0.05, 0.1) is 18.8 Å². The maximum atomic E-state index is 10.2. The predicted molar refractivity (Wildman–Crippen MR) is 104 cm³/mol. The van der Waals surface area contributed by atoms with Crippen molar-refractivity contribution in [2.24, 2.45) is 4.99 Å². The third kappa shape index (κ3) is 8.17. The molecule has 2 unspecified atom stereocenters. The summed E-state index contributed by atoms with van der Waals surface area (Å²) in [7, 11) is 0. The third-order valence-corrected chi connectivity index (χ3v) is 4.28. The number of hydrogen-bond acceptors (Lipinski definition) is 4. The number of nitrogens with zero attached hydrogens (tertiary/aromatic N) is 1. The van der Waals surface area contributed by atoms with Gasteiger partial charge in [0.15, 0.2) is 5.96 Å². The van der Waals surface area contributed by atoms with Crippen LogP contribution in [-0.4, -0.2) is 56.6 Å². The fourth-order valence-corrected chi connectivity index (χ4v) is 2.86. The maximum Gasteiger partial charge on any atom is 0.191 e. The Hall–Kier alpha value is -1.63. The molecule has 0 saturated carbocycles. The number of nitrogens with one attached hydrogen (secondary N) is 2. The fraction of sp³-hybridized carbons (Fsp3) is 0.650. The predicted octanol–water partition coefficient (Wildman–Crippen LogP) is 2.25. The summed E-state index contributed by atoms with van der Waals surface area (Å²) in [6.07, 6.45) is 3.61. The van der Waals surface area contributed by atoms with Crippen molar-refractivity contribution < 1.29 is 14.6 Å². The molecule has 3 N–H and O–H groups in total. The summed E-state index contributed by atoms with van der Waals surface area (Å²) in [6, 6.07) is 9.73. The minimum absolute atomic E-state index is 0.286. The molecule has 1 fully saturated rings. The lowest BCUT2D eigenvalue weighted by Gasteiger charge is -2.14. The summed E-state index contributed by atoms with van der Waals surface area (Å²) in [4.78, 5) is 4.55. The van der Waals surface area contributed by atoms with Crippen LogP contribution in [0.5, 0.6) is 0 Å². The molecule has 0 spiro atoms. The molecule has 0 radical (unpaired) electrons.